The largest absolute Gasteiger partial charge is 0.497 e. The number of carbonyl (C=O) groups excluding carboxylic acids is 2. The molecule has 9 nitrogen and oxygen atoms in total. The van der Waals surface area contributed by atoms with Crippen LogP contribution in [0.3, 0.4) is 0 Å². The number of urea groups is 1. The zero-order chi connectivity index (χ0) is 27.0. The van der Waals surface area contributed by atoms with Crippen LogP contribution in [0, 0.1) is 0 Å². The Bertz CT molecular complexity index is 1200. The Labute approximate surface area is 218 Å². The van der Waals surface area contributed by atoms with Crippen molar-refractivity contribution in [3.63, 3.8) is 0 Å². The molecule has 0 unspecified atom stereocenters. The molecule has 0 saturated carbocycles. The molecule has 1 heterocycles. The number of amides is 3. The number of ether oxygens (including phenoxy) is 2. The van der Waals surface area contributed by atoms with Crippen LogP contribution >= 0.6 is 0 Å². The van der Waals surface area contributed by atoms with Gasteiger partial charge in [0.25, 0.3) is 0 Å². The molecule has 0 radical (unpaired) electrons. The van der Waals surface area contributed by atoms with Crippen LogP contribution in [-0.2, 0) is 10.2 Å². The Kier molecular flexibility index (Phi) is 9.16. The van der Waals surface area contributed by atoms with E-state index in [4.69, 9.17) is 14.6 Å². The fourth-order valence-corrected chi connectivity index (χ4v) is 3.62. The SMILES string of the molecule is CCCCN(CC(=O)Nc1cc(C(C)(C)C)nn1-c1ccc(OC)cc1)C(=O)Nc1cccc(OC)c1. The van der Waals surface area contributed by atoms with Gasteiger partial charge in [-0.05, 0) is 42.8 Å². The van der Waals surface area contributed by atoms with Gasteiger partial charge in [0.2, 0.25) is 5.91 Å². The minimum absolute atomic E-state index is 0.103. The summed E-state index contributed by atoms with van der Waals surface area (Å²) in [5.41, 5.74) is 1.99. The molecule has 3 rings (SSSR count). The highest BCUT2D eigenvalue weighted by molar-refractivity contribution is 5.96. The first kappa shape index (κ1) is 27.6. The van der Waals surface area contributed by atoms with Gasteiger partial charge in [0.15, 0.2) is 0 Å². The van der Waals surface area contributed by atoms with Gasteiger partial charge in [0.05, 0.1) is 25.6 Å². The average molecular weight is 508 g/mol. The molecule has 1 aromatic heterocycles. The van der Waals surface area contributed by atoms with Gasteiger partial charge in [-0.3, -0.25) is 4.79 Å². The monoisotopic (exact) mass is 507 g/mol. The number of nitrogens with one attached hydrogen (secondary N) is 2. The number of nitrogens with zero attached hydrogens (tertiary/aromatic N) is 3. The van der Waals surface area contributed by atoms with Gasteiger partial charge in [-0.2, -0.15) is 5.10 Å². The van der Waals surface area contributed by atoms with Crippen molar-refractivity contribution in [1.82, 2.24) is 14.7 Å². The van der Waals surface area contributed by atoms with Crippen LogP contribution < -0.4 is 20.1 Å². The maximum Gasteiger partial charge on any atom is 0.322 e. The number of rotatable bonds is 10. The molecule has 198 valence electrons. The third-order valence-electron chi connectivity index (χ3n) is 5.79. The van der Waals surface area contributed by atoms with Crippen molar-refractivity contribution in [1.29, 1.82) is 0 Å². The Hall–Kier alpha value is -4.01. The topological polar surface area (TPSA) is 97.7 Å². The molecule has 2 N–H and O–H groups in total. The van der Waals surface area contributed by atoms with E-state index in [1.54, 1.807) is 43.2 Å². The van der Waals surface area contributed by atoms with Gasteiger partial charge in [-0.15, -0.1) is 0 Å². The lowest BCUT2D eigenvalue weighted by atomic mass is 9.92. The summed E-state index contributed by atoms with van der Waals surface area (Å²) in [6.45, 7) is 8.58. The first-order valence-electron chi connectivity index (χ1n) is 12.4. The van der Waals surface area contributed by atoms with Gasteiger partial charge in [0, 0.05) is 29.8 Å². The van der Waals surface area contributed by atoms with Crippen LogP contribution in [0.25, 0.3) is 5.69 Å². The second kappa shape index (κ2) is 12.3. The standard InChI is InChI=1S/C28H37N5O4/c1-7-8-16-32(27(35)29-20-10-9-11-23(17-20)37-6)19-26(34)30-25-18-24(28(2,3)4)31-33(25)21-12-14-22(36-5)15-13-21/h9-15,17-18H,7-8,16,19H2,1-6H3,(H,29,35)(H,30,34). The van der Waals surface area contributed by atoms with E-state index in [0.29, 0.717) is 23.8 Å². The van der Waals surface area contributed by atoms with E-state index in [1.165, 1.54) is 4.90 Å². The molecule has 0 aliphatic rings. The molecule has 0 atom stereocenters. The number of unbranched alkanes of at least 4 members (excludes halogenated alkanes) is 1. The summed E-state index contributed by atoms with van der Waals surface area (Å²) >= 11 is 0. The molecule has 3 amide bonds. The molecular formula is C28H37N5O4. The summed E-state index contributed by atoms with van der Waals surface area (Å²) in [6.07, 6.45) is 1.67. The lowest BCUT2D eigenvalue weighted by Crippen LogP contribution is -2.41. The Morgan fingerprint density at radius 3 is 2.30 bits per heavy atom. The molecule has 0 spiro atoms. The zero-order valence-corrected chi connectivity index (χ0v) is 22.5. The average Bonchev–Trinajstić information content (AvgIpc) is 3.30. The van der Waals surface area contributed by atoms with Gasteiger partial charge in [-0.1, -0.05) is 40.2 Å². The highest BCUT2D eigenvalue weighted by Gasteiger charge is 2.23. The highest BCUT2D eigenvalue weighted by Crippen LogP contribution is 2.27. The van der Waals surface area contributed by atoms with E-state index in [0.717, 1.165) is 30.0 Å². The van der Waals surface area contributed by atoms with Crippen molar-refractivity contribution in [3.8, 4) is 17.2 Å². The minimum atomic E-state index is -0.351. The second-order valence-corrected chi connectivity index (χ2v) is 9.76. The second-order valence-electron chi connectivity index (χ2n) is 9.76. The molecular weight excluding hydrogens is 470 g/mol. The molecule has 3 aromatic rings. The molecule has 0 bridgehead atoms. The lowest BCUT2D eigenvalue weighted by molar-refractivity contribution is -0.116. The first-order chi connectivity index (χ1) is 17.6. The van der Waals surface area contributed by atoms with E-state index in [1.807, 2.05) is 37.3 Å². The fraction of sp³-hybridized carbons (Fsp3) is 0.393. The molecule has 37 heavy (non-hydrogen) atoms. The van der Waals surface area contributed by atoms with E-state index in [2.05, 4.69) is 31.4 Å². The maximum absolute atomic E-state index is 13.2. The zero-order valence-electron chi connectivity index (χ0n) is 22.5. The van der Waals surface area contributed by atoms with E-state index >= 15 is 0 Å². The van der Waals surface area contributed by atoms with Crippen LogP contribution in [0.4, 0.5) is 16.3 Å². The van der Waals surface area contributed by atoms with Gasteiger partial charge in [-0.25, -0.2) is 9.48 Å². The molecule has 0 aliphatic heterocycles. The molecule has 2 aromatic carbocycles. The van der Waals surface area contributed by atoms with Crippen LogP contribution in [-0.4, -0.2) is 53.9 Å². The normalized spacial score (nSPS) is 11.1. The number of hydrogen-bond acceptors (Lipinski definition) is 5. The van der Waals surface area contributed by atoms with Crippen LogP contribution in [0.5, 0.6) is 11.5 Å². The van der Waals surface area contributed by atoms with Crippen LogP contribution in [0.2, 0.25) is 0 Å². The van der Waals surface area contributed by atoms with E-state index in [9.17, 15) is 9.59 Å². The summed E-state index contributed by atoms with van der Waals surface area (Å²) in [4.78, 5) is 27.7. The number of carbonyl (C=O) groups is 2. The Morgan fingerprint density at radius 1 is 0.973 bits per heavy atom. The van der Waals surface area contributed by atoms with Crippen LogP contribution in [0.1, 0.15) is 46.2 Å². The van der Waals surface area contributed by atoms with Gasteiger partial charge >= 0.3 is 6.03 Å². The minimum Gasteiger partial charge on any atom is -0.497 e. The Morgan fingerprint density at radius 2 is 1.68 bits per heavy atom. The molecule has 0 aliphatic carbocycles. The van der Waals surface area contributed by atoms with Crippen molar-refractivity contribution in [2.24, 2.45) is 0 Å². The number of benzene rings is 2. The number of methoxy groups -OCH3 is 2. The summed E-state index contributed by atoms with van der Waals surface area (Å²) in [6, 6.07) is 16.1. The summed E-state index contributed by atoms with van der Waals surface area (Å²) in [5.74, 6) is 1.58. The van der Waals surface area contributed by atoms with Crippen LogP contribution in [0.15, 0.2) is 54.6 Å². The van der Waals surface area contributed by atoms with Crippen molar-refractivity contribution >= 4 is 23.4 Å². The fourth-order valence-electron chi connectivity index (χ4n) is 3.62. The lowest BCUT2D eigenvalue weighted by Gasteiger charge is -2.22. The summed E-state index contributed by atoms with van der Waals surface area (Å²) < 4.78 is 12.2. The number of aromatic nitrogens is 2. The predicted octanol–water partition coefficient (Wildman–Crippen LogP) is 5.46. The van der Waals surface area contributed by atoms with Crippen molar-refractivity contribution in [2.75, 3.05) is 37.9 Å². The number of hydrogen-bond donors (Lipinski definition) is 2. The number of anilines is 2. The third kappa shape index (κ3) is 7.49. The van der Waals surface area contributed by atoms with Gasteiger partial charge in [0.1, 0.15) is 23.9 Å². The summed E-state index contributed by atoms with van der Waals surface area (Å²) in [5, 5.41) is 10.6. The molecule has 9 heteroatoms. The molecule has 0 fully saturated rings. The van der Waals surface area contributed by atoms with E-state index < -0.39 is 0 Å². The highest BCUT2D eigenvalue weighted by atomic mass is 16.5. The third-order valence-corrected chi connectivity index (χ3v) is 5.79. The van der Waals surface area contributed by atoms with Crippen molar-refractivity contribution < 1.29 is 19.1 Å². The smallest absolute Gasteiger partial charge is 0.322 e. The quantitative estimate of drug-likeness (QED) is 0.380. The van der Waals surface area contributed by atoms with E-state index in [-0.39, 0.29) is 23.9 Å². The molecule has 0 saturated heterocycles. The summed E-state index contributed by atoms with van der Waals surface area (Å²) in [7, 11) is 3.18. The van der Waals surface area contributed by atoms with Crippen molar-refractivity contribution in [3.05, 3.63) is 60.3 Å². The first-order valence-corrected chi connectivity index (χ1v) is 12.4. The van der Waals surface area contributed by atoms with Crippen molar-refractivity contribution in [2.45, 2.75) is 46.0 Å². The Balaban J connectivity index is 1.80. The predicted molar refractivity (Wildman–Crippen MR) is 146 cm³/mol. The maximum atomic E-state index is 13.2. The van der Waals surface area contributed by atoms with Gasteiger partial charge < -0.3 is 25.0 Å².